The van der Waals surface area contributed by atoms with Crippen LogP contribution in [0.2, 0.25) is 0 Å². The monoisotopic (exact) mass is 212 g/mol. The van der Waals surface area contributed by atoms with Crippen molar-refractivity contribution in [1.29, 1.82) is 0 Å². The van der Waals surface area contributed by atoms with Crippen LogP contribution in [0.1, 0.15) is 20.3 Å². The molecule has 2 saturated heterocycles. The molecule has 0 aromatic carbocycles. The number of rotatable bonds is 1. The van der Waals surface area contributed by atoms with Crippen LogP contribution in [0, 0.1) is 5.92 Å². The molecule has 4 nitrogen and oxygen atoms in total. The lowest BCUT2D eigenvalue weighted by atomic mass is 10.1. The highest BCUT2D eigenvalue weighted by molar-refractivity contribution is 5.79. The third kappa shape index (κ3) is 2.49. The van der Waals surface area contributed by atoms with E-state index >= 15 is 0 Å². The fourth-order valence-corrected chi connectivity index (χ4v) is 2.48. The van der Waals surface area contributed by atoms with Gasteiger partial charge in [-0.3, -0.25) is 4.79 Å². The highest BCUT2D eigenvalue weighted by Gasteiger charge is 2.31. The van der Waals surface area contributed by atoms with Gasteiger partial charge in [0.15, 0.2) is 0 Å². The molecule has 86 valence electrons. The third-order valence-corrected chi connectivity index (χ3v) is 3.14. The number of hydrogen-bond donors (Lipinski definition) is 1. The molecule has 1 N–H and O–H groups in total. The Morgan fingerprint density at radius 3 is 2.53 bits per heavy atom. The lowest BCUT2D eigenvalue weighted by Crippen LogP contribution is -2.50. The molecule has 4 heteroatoms. The summed E-state index contributed by atoms with van der Waals surface area (Å²) in [5, 5.41) is 3.24. The molecule has 2 aliphatic rings. The Labute approximate surface area is 91.0 Å². The van der Waals surface area contributed by atoms with E-state index in [9.17, 15) is 4.79 Å². The zero-order valence-corrected chi connectivity index (χ0v) is 9.53. The summed E-state index contributed by atoms with van der Waals surface area (Å²) in [5.41, 5.74) is 0. The highest BCUT2D eigenvalue weighted by atomic mass is 16.5. The smallest absolute Gasteiger partial charge is 0.227 e. The molecular formula is C11H20N2O2. The molecular weight excluding hydrogens is 192 g/mol. The Kier molecular flexibility index (Phi) is 3.26. The molecule has 2 aliphatic heterocycles. The van der Waals surface area contributed by atoms with Gasteiger partial charge >= 0.3 is 0 Å². The maximum atomic E-state index is 12.1. The normalized spacial score (nSPS) is 36.9. The van der Waals surface area contributed by atoms with Crippen LogP contribution in [0.25, 0.3) is 0 Å². The second-order valence-electron chi connectivity index (χ2n) is 4.69. The molecule has 0 bridgehead atoms. The molecule has 0 saturated carbocycles. The van der Waals surface area contributed by atoms with Gasteiger partial charge in [-0.25, -0.2) is 0 Å². The fourth-order valence-electron chi connectivity index (χ4n) is 2.48. The summed E-state index contributed by atoms with van der Waals surface area (Å²) in [6.45, 7) is 7.38. The number of carbonyl (C=O) groups excluding carboxylic acids is 1. The van der Waals surface area contributed by atoms with Gasteiger partial charge in [-0.1, -0.05) is 0 Å². The minimum absolute atomic E-state index is 0.173. The van der Waals surface area contributed by atoms with Crippen molar-refractivity contribution in [2.75, 3.05) is 26.2 Å². The van der Waals surface area contributed by atoms with E-state index in [2.05, 4.69) is 5.32 Å². The van der Waals surface area contributed by atoms with Gasteiger partial charge < -0.3 is 15.0 Å². The van der Waals surface area contributed by atoms with E-state index in [0.29, 0.717) is 5.91 Å². The summed E-state index contributed by atoms with van der Waals surface area (Å²) in [5.74, 6) is 0.504. The van der Waals surface area contributed by atoms with Crippen LogP contribution in [0.3, 0.4) is 0 Å². The molecule has 0 unspecified atom stereocenters. The second kappa shape index (κ2) is 4.49. The van der Waals surface area contributed by atoms with Crippen LogP contribution in [0.5, 0.6) is 0 Å². The van der Waals surface area contributed by atoms with Gasteiger partial charge in [0.2, 0.25) is 5.91 Å². The van der Waals surface area contributed by atoms with E-state index in [1.54, 1.807) is 0 Å². The molecule has 0 aliphatic carbocycles. The molecule has 1 amide bonds. The van der Waals surface area contributed by atoms with Crippen molar-refractivity contribution in [2.45, 2.75) is 32.5 Å². The summed E-state index contributed by atoms with van der Waals surface area (Å²) in [6, 6.07) is 0. The van der Waals surface area contributed by atoms with Crippen molar-refractivity contribution in [1.82, 2.24) is 10.2 Å². The van der Waals surface area contributed by atoms with Gasteiger partial charge in [0.1, 0.15) is 0 Å². The molecule has 0 radical (unpaired) electrons. The number of nitrogens with one attached hydrogen (secondary N) is 1. The number of carbonyl (C=O) groups is 1. The van der Waals surface area contributed by atoms with Crippen LogP contribution in [0.4, 0.5) is 0 Å². The maximum Gasteiger partial charge on any atom is 0.227 e. The van der Waals surface area contributed by atoms with Crippen LogP contribution < -0.4 is 5.32 Å². The average Bonchev–Trinajstić information content (AvgIpc) is 2.67. The average molecular weight is 212 g/mol. The Bertz CT molecular complexity index is 229. The van der Waals surface area contributed by atoms with E-state index in [1.165, 1.54) is 0 Å². The van der Waals surface area contributed by atoms with Crippen molar-refractivity contribution >= 4 is 5.91 Å². The zero-order valence-electron chi connectivity index (χ0n) is 9.53. The van der Waals surface area contributed by atoms with E-state index in [-0.39, 0.29) is 18.1 Å². The Morgan fingerprint density at radius 1 is 1.33 bits per heavy atom. The lowest BCUT2D eigenvalue weighted by Gasteiger charge is -2.36. The minimum atomic E-state index is 0.173. The van der Waals surface area contributed by atoms with Gasteiger partial charge in [-0.15, -0.1) is 0 Å². The predicted molar refractivity (Wildman–Crippen MR) is 57.6 cm³/mol. The summed E-state index contributed by atoms with van der Waals surface area (Å²) in [6.07, 6.45) is 1.33. The molecule has 2 rings (SSSR count). The molecule has 0 aromatic heterocycles. The predicted octanol–water partition coefficient (Wildman–Crippen LogP) is 0.232. The SMILES string of the molecule is C[C@@H]1CN(C(=O)[C@@H]2CCNC2)C[C@@H](C)O1. The van der Waals surface area contributed by atoms with Crippen molar-refractivity contribution < 1.29 is 9.53 Å². The summed E-state index contributed by atoms with van der Waals surface area (Å²) >= 11 is 0. The molecule has 0 spiro atoms. The Balaban J connectivity index is 1.93. The fraction of sp³-hybridized carbons (Fsp3) is 0.909. The van der Waals surface area contributed by atoms with Gasteiger partial charge in [-0.2, -0.15) is 0 Å². The third-order valence-electron chi connectivity index (χ3n) is 3.14. The molecule has 2 fully saturated rings. The molecule has 3 atom stereocenters. The first-order chi connectivity index (χ1) is 7.16. The molecule has 2 heterocycles. The van der Waals surface area contributed by atoms with Crippen molar-refractivity contribution in [3.05, 3.63) is 0 Å². The van der Waals surface area contributed by atoms with E-state index in [0.717, 1.165) is 32.6 Å². The van der Waals surface area contributed by atoms with Crippen molar-refractivity contribution in [3.63, 3.8) is 0 Å². The van der Waals surface area contributed by atoms with Crippen LogP contribution in [-0.4, -0.2) is 49.2 Å². The number of nitrogens with zero attached hydrogens (tertiary/aromatic N) is 1. The van der Waals surface area contributed by atoms with Crippen molar-refractivity contribution in [3.8, 4) is 0 Å². The number of morpholine rings is 1. The first-order valence-electron chi connectivity index (χ1n) is 5.82. The van der Waals surface area contributed by atoms with Crippen LogP contribution in [-0.2, 0) is 9.53 Å². The Hall–Kier alpha value is -0.610. The quantitative estimate of drug-likeness (QED) is 0.676. The van der Waals surface area contributed by atoms with Crippen LogP contribution >= 0.6 is 0 Å². The van der Waals surface area contributed by atoms with Gasteiger partial charge in [0, 0.05) is 19.6 Å². The standard InChI is InChI=1S/C11H20N2O2/c1-8-6-13(7-9(2)15-8)11(14)10-3-4-12-5-10/h8-10,12H,3-7H2,1-2H3/t8-,9-,10-/m1/s1. The van der Waals surface area contributed by atoms with Crippen molar-refractivity contribution in [2.24, 2.45) is 5.92 Å². The molecule has 15 heavy (non-hydrogen) atoms. The number of amides is 1. The Morgan fingerprint density at radius 2 is 2.00 bits per heavy atom. The summed E-state index contributed by atoms with van der Waals surface area (Å²) in [7, 11) is 0. The molecule has 0 aromatic rings. The topological polar surface area (TPSA) is 41.6 Å². The van der Waals surface area contributed by atoms with Gasteiger partial charge in [0.25, 0.3) is 0 Å². The first-order valence-corrected chi connectivity index (χ1v) is 5.82. The van der Waals surface area contributed by atoms with Crippen LogP contribution in [0.15, 0.2) is 0 Å². The van der Waals surface area contributed by atoms with E-state index < -0.39 is 0 Å². The maximum absolute atomic E-state index is 12.1. The minimum Gasteiger partial charge on any atom is -0.372 e. The first kappa shape index (κ1) is 10.9. The number of hydrogen-bond acceptors (Lipinski definition) is 3. The number of ether oxygens (including phenoxy) is 1. The highest BCUT2D eigenvalue weighted by Crippen LogP contribution is 2.17. The summed E-state index contributed by atoms with van der Waals surface area (Å²) < 4.78 is 5.62. The largest absolute Gasteiger partial charge is 0.372 e. The van der Waals surface area contributed by atoms with Gasteiger partial charge in [0.05, 0.1) is 18.1 Å². The zero-order chi connectivity index (χ0) is 10.8. The van der Waals surface area contributed by atoms with E-state index in [4.69, 9.17) is 4.74 Å². The van der Waals surface area contributed by atoms with Gasteiger partial charge in [-0.05, 0) is 26.8 Å². The summed E-state index contributed by atoms with van der Waals surface area (Å²) in [4.78, 5) is 14.1. The van der Waals surface area contributed by atoms with E-state index in [1.807, 2.05) is 18.7 Å². The lowest BCUT2D eigenvalue weighted by molar-refractivity contribution is -0.146. The second-order valence-corrected chi connectivity index (χ2v) is 4.69.